The van der Waals surface area contributed by atoms with Crippen molar-refractivity contribution in [3.8, 4) is 0 Å². The van der Waals surface area contributed by atoms with Gasteiger partial charge in [0.2, 0.25) is 5.91 Å². The summed E-state index contributed by atoms with van der Waals surface area (Å²) in [7, 11) is 1.68. The Kier molecular flexibility index (Phi) is 4.88. The Morgan fingerprint density at radius 2 is 2.30 bits per heavy atom. The monoisotopic (exact) mass is 313 g/mol. The number of aromatic nitrogens is 1. The predicted molar refractivity (Wildman–Crippen MR) is 91.4 cm³/mol. The van der Waals surface area contributed by atoms with Crippen molar-refractivity contribution in [3.63, 3.8) is 0 Å². The number of nitrogens with zero attached hydrogens (tertiary/aromatic N) is 1. The molecule has 5 heteroatoms. The van der Waals surface area contributed by atoms with E-state index in [1.165, 1.54) is 0 Å². The second-order valence-corrected chi connectivity index (χ2v) is 6.09. The molecular formula is C18H23N3O2. The summed E-state index contributed by atoms with van der Waals surface area (Å²) in [5, 5.41) is 7.43. The van der Waals surface area contributed by atoms with E-state index in [9.17, 15) is 4.79 Å². The number of benzene rings is 1. The topological polar surface area (TPSA) is 63.2 Å². The lowest BCUT2D eigenvalue weighted by Crippen LogP contribution is -2.44. The second kappa shape index (κ2) is 7.06. The fourth-order valence-corrected chi connectivity index (χ4v) is 3.27. The van der Waals surface area contributed by atoms with Crippen molar-refractivity contribution in [3.05, 3.63) is 36.5 Å². The Balaban J connectivity index is 1.71. The van der Waals surface area contributed by atoms with Crippen molar-refractivity contribution in [2.24, 2.45) is 5.92 Å². The molecule has 1 amide bonds. The molecule has 0 radical (unpaired) electrons. The number of rotatable bonds is 5. The molecule has 122 valence electrons. The van der Waals surface area contributed by atoms with Crippen LogP contribution in [0.2, 0.25) is 0 Å². The summed E-state index contributed by atoms with van der Waals surface area (Å²) in [6, 6.07) is 9.88. The minimum Gasteiger partial charge on any atom is -0.379 e. The van der Waals surface area contributed by atoms with Gasteiger partial charge in [-0.25, -0.2) is 0 Å². The van der Waals surface area contributed by atoms with Crippen molar-refractivity contribution >= 4 is 22.5 Å². The first-order chi connectivity index (χ1) is 11.2. The Bertz CT molecular complexity index is 683. The van der Waals surface area contributed by atoms with Gasteiger partial charge < -0.3 is 15.4 Å². The number of nitrogens with one attached hydrogen (secondary N) is 2. The minimum absolute atomic E-state index is 0.0196. The number of carbonyl (C=O) groups excluding carboxylic acids is 1. The number of anilines is 1. The van der Waals surface area contributed by atoms with E-state index in [0.29, 0.717) is 0 Å². The maximum atomic E-state index is 12.6. The molecule has 1 fully saturated rings. The zero-order valence-electron chi connectivity index (χ0n) is 13.6. The number of fused-ring (bicyclic) bond motifs is 1. The van der Waals surface area contributed by atoms with Gasteiger partial charge in [0, 0.05) is 30.4 Å². The lowest BCUT2D eigenvalue weighted by Gasteiger charge is -2.27. The highest BCUT2D eigenvalue weighted by Crippen LogP contribution is 2.22. The third-order valence-corrected chi connectivity index (χ3v) is 4.54. The summed E-state index contributed by atoms with van der Waals surface area (Å²) >= 11 is 0. The Labute approximate surface area is 136 Å². The van der Waals surface area contributed by atoms with E-state index < -0.39 is 0 Å². The summed E-state index contributed by atoms with van der Waals surface area (Å²) in [4.78, 5) is 16.9. The van der Waals surface area contributed by atoms with Crippen LogP contribution in [0.1, 0.15) is 19.8 Å². The van der Waals surface area contributed by atoms with Gasteiger partial charge in [-0.2, -0.15) is 0 Å². The fraction of sp³-hybridized carbons (Fsp3) is 0.444. The van der Waals surface area contributed by atoms with Gasteiger partial charge in [0.25, 0.3) is 0 Å². The lowest BCUT2D eigenvalue weighted by molar-refractivity contribution is -0.124. The summed E-state index contributed by atoms with van der Waals surface area (Å²) in [6.07, 6.45) is 3.84. The normalized spacial score (nSPS) is 20.3. The second-order valence-electron chi connectivity index (χ2n) is 6.09. The Morgan fingerprint density at radius 3 is 3.04 bits per heavy atom. The van der Waals surface area contributed by atoms with Gasteiger partial charge in [-0.1, -0.05) is 13.0 Å². The van der Waals surface area contributed by atoms with Crippen molar-refractivity contribution in [1.29, 1.82) is 0 Å². The third-order valence-electron chi connectivity index (χ3n) is 4.54. The van der Waals surface area contributed by atoms with Gasteiger partial charge >= 0.3 is 0 Å². The van der Waals surface area contributed by atoms with E-state index in [4.69, 9.17) is 4.74 Å². The molecule has 1 saturated heterocycles. The molecule has 0 saturated carbocycles. The van der Waals surface area contributed by atoms with Crippen LogP contribution in [0.3, 0.4) is 0 Å². The molecule has 0 unspecified atom stereocenters. The van der Waals surface area contributed by atoms with E-state index in [0.717, 1.165) is 36.0 Å². The van der Waals surface area contributed by atoms with Gasteiger partial charge in [-0.05, 0) is 43.7 Å². The zero-order chi connectivity index (χ0) is 16.2. The van der Waals surface area contributed by atoms with E-state index in [1.54, 1.807) is 13.3 Å². The molecular weight excluding hydrogens is 290 g/mol. The zero-order valence-corrected chi connectivity index (χ0v) is 13.6. The van der Waals surface area contributed by atoms with Gasteiger partial charge in [0.15, 0.2) is 0 Å². The number of ether oxygens (including phenoxy) is 1. The smallest absolute Gasteiger partial charge is 0.229 e. The number of hydrogen-bond acceptors (Lipinski definition) is 4. The van der Waals surface area contributed by atoms with Crippen LogP contribution in [-0.4, -0.2) is 36.7 Å². The number of carbonyl (C=O) groups is 1. The summed E-state index contributed by atoms with van der Waals surface area (Å²) in [5.74, 6) is -0.242. The number of methoxy groups -OCH3 is 1. The van der Waals surface area contributed by atoms with Crippen LogP contribution in [0.25, 0.3) is 10.9 Å². The molecule has 0 spiro atoms. The standard InChI is InChI=1S/C18H23N3O2/c1-12(17(23-2)16-6-4-10-20-16)18(22)21-14-7-8-15-13(11-14)5-3-9-19-15/h3,5,7-9,11-12,16-17,20H,4,6,10H2,1-2H3,(H,21,22)/t12-,16+,17-/m1/s1. The van der Waals surface area contributed by atoms with Crippen molar-refractivity contribution in [1.82, 2.24) is 10.3 Å². The molecule has 0 aliphatic carbocycles. The average molecular weight is 313 g/mol. The van der Waals surface area contributed by atoms with Crippen LogP contribution in [0.15, 0.2) is 36.5 Å². The van der Waals surface area contributed by atoms with Crippen molar-refractivity contribution in [2.75, 3.05) is 19.0 Å². The Hall–Kier alpha value is -1.98. The molecule has 0 bridgehead atoms. The number of pyridine rings is 1. The van der Waals surface area contributed by atoms with Crippen LogP contribution in [0.4, 0.5) is 5.69 Å². The van der Waals surface area contributed by atoms with Gasteiger partial charge in [-0.15, -0.1) is 0 Å². The highest BCUT2D eigenvalue weighted by atomic mass is 16.5. The van der Waals surface area contributed by atoms with Gasteiger partial charge in [-0.3, -0.25) is 9.78 Å². The number of amides is 1. The molecule has 3 rings (SSSR count). The van der Waals surface area contributed by atoms with Crippen LogP contribution in [0, 0.1) is 5.92 Å². The molecule has 2 aromatic rings. The molecule has 23 heavy (non-hydrogen) atoms. The first kappa shape index (κ1) is 15.9. The van der Waals surface area contributed by atoms with Crippen LogP contribution in [0.5, 0.6) is 0 Å². The Morgan fingerprint density at radius 1 is 1.43 bits per heavy atom. The van der Waals surface area contributed by atoms with E-state index >= 15 is 0 Å². The molecule has 1 aromatic carbocycles. The van der Waals surface area contributed by atoms with E-state index in [2.05, 4.69) is 15.6 Å². The number of hydrogen-bond donors (Lipinski definition) is 2. The highest BCUT2D eigenvalue weighted by molar-refractivity contribution is 5.95. The van der Waals surface area contributed by atoms with E-state index in [1.807, 2.05) is 37.3 Å². The molecule has 1 aliphatic heterocycles. The summed E-state index contributed by atoms with van der Waals surface area (Å²) in [5.41, 5.74) is 1.71. The van der Waals surface area contributed by atoms with Crippen molar-refractivity contribution in [2.45, 2.75) is 31.9 Å². The largest absolute Gasteiger partial charge is 0.379 e. The van der Waals surface area contributed by atoms with Crippen LogP contribution < -0.4 is 10.6 Å². The summed E-state index contributed by atoms with van der Waals surface area (Å²) in [6.45, 7) is 2.92. The van der Waals surface area contributed by atoms with Gasteiger partial charge in [0.1, 0.15) is 0 Å². The maximum Gasteiger partial charge on any atom is 0.229 e. The third kappa shape index (κ3) is 3.51. The quantitative estimate of drug-likeness (QED) is 0.890. The summed E-state index contributed by atoms with van der Waals surface area (Å²) < 4.78 is 5.59. The fourth-order valence-electron chi connectivity index (χ4n) is 3.27. The molecule has 3 atom stereocenters. The lowest BCUT2D eigenvalue weighted by atomic mass is 9.95. The SMILES string of the molecule is CO[C@@H]([C@@H]1CCCN1)[C@@H](C)C(=O)Nc1ccc2ncccc2c1. The molecule has 2 N–H and O–H groups in total. The molecule has 5 nitrogen and oxygen atoms in total. The molecule has 1 aromatic heterocycles. The first-order valence-corrected chi connectivity index (χ1v) is 8.11. The first-order valence-electron chi connectivity index (χ1n) is 8.11. The average Bonchev–Trinajstić information content (AvgIpc) is 3.09. The van der Waals surface area contributed by atoms with Crippen LogP contribution in [-0.2, 0) is 9.53 Å². The maximum absolute atomic E-state index is 12.6. The predicted octanol–water partition coefficient (Wildman–Crippen LogP) is 2.58. The minimum atomic E-state index is -0.222. The highest BCUT2D eigenvalue weighted by Gasteiger charge is 2.32. The van der Waals surface area contributed by atoms with Crippen LogP contribution >= 0.6 is 0 Å². The molecule has 1 aliphatic rings. The molecule has 2 heterocycles. The van der Waals surface area contributed by atoms with Crippen molar-refractivity contribution < 1.29 is 9.53 Å². The van der Waals surface area contributed by atoms with E-state index in [-0.39, 0.29) is 24.0 Å². The van der Waals surface area contributed by atoms with Gasteiger partial charge in [0.05, 0.1) is 17.5 Å².